The third-order valence-corrected chi connectivity index (χ3v) is 5.02. The van der Waals surface area contributed by atoms with Crippen LogP contribution in [0.5, 0.6) is 5.88 Å². The molecule has 0 spiro atoms. The van der Waals surface area contributed by atoms with Gasteiger partial charge in [0.05, 0.1) is 16.6 Å². The topological polar surface area (TPSA) is 70.4 Å². The van der Waals surface area contributed by atoms with E-state index < -0.39 is 40.6 Å². The number of allylic oxidation sites excluding steroid dienone is 1. The van der Waals surface area contributed by atoms with Crippen LogP contribution < -0.4 is 5.69 Å². The summed E-state index contributed by atoms with van der Waals surface area (Å²) in [5.41, 5.74) is -0.0412. The minimum absolute atomic E-state index is 0.00509. The van der Waals surface area contributed by atoms with E-state index in [1.165, 1.54) is 24.4 Å². The first kappa shape index (κ1) is 19.4. The molecule has 1 aliphatic rings. The van der Waals surface area contributed by atoms with Crippen LogP contribution in [0.3, 0.4) is 0 Å². The van der Waals surface area contributed by atoms with Crippen molar-refractivity contribution < 1.29 is 18.3 Å². The number of aromatic nitrogens is 2. The first-order valence-electron chi connectivity index (χ1n) is 8.16. The van der Waals surface area contributed by atoms with E-state index in [-0.39, 0.29) is 22.0 Å². The third-order valence-electron chi connectivity index (χ3n) is 4.44. The lowest BCUT2D eigenvalue weighted by molar-refractivity contribution is 0.416. The van der Waals surface area contributed by atoms with Crippen LogP contribution in [-0.4, -0.2) is 20.9 Å². The van der Waals surface area contributed by atoms with Crippen molar-refractivity contribution in [3.63, 3.8) is 0 Å². The van der Waals surface area contributed by atoms with Gasteiger partial charge < -0.3 is 10.1 Å². The van der Waals surface area contributed by atoms with Gasteiger partial charge >= 0.3 is 5.69 Å². The summed E-state index contributed by atoms with van der Waals surface area (Å²) in [7, 11) is 0. The number of benzene rings is 2. The number of hydrogen-bond donors (Lipinski definition) is 2. The highest BCUT2D eigenvalue weighted by atomic mass is 35.5. The van der Waals surface area contributed by atoms with E-state index in [2.05, 4.69) is 9.98 Å². The fourth-order valence-corrected chi connectivity index (χ4v) is 3.26. The molecule has 0 bridgehead atoms. The van der Waals surface area contributed by atoms with Crippen molar-refractivity contribution in [2.75, 3.05) is 0 Å². The van der Waals surface area contributed by atoms with Gasteiger partial charge in [0.25, 0.3) is 0 Å². The van der Waals surface area contributed by atoms with E-state index in [0.717, 1.165) is 10.6 Å². The molecule has 0 fully saturated rings. The number of fused-ring (bicyclic) bond motifs is 1. The molecule has 0 amide bonds. The Morgan fingerprint density at radius 2 is 1.76 bits per heavy atom. The predicted octanol–water partition coefficient (Wildman–Crippen LogP) is 4.91. The summed E-state index contributed by atoms with van der Waals surface area (Å²) < 4.78 is 42.6. The molecule has 1 aliphatic heterocycles. The predicted molar refractivity (Wildman–Crippen MR) is 105 cm³/mol. The van der Waals surface area contributed by atoms with Gasteiger partial charge in [0.1, 0.15) is 11.4 Å². The van der Waals surface area contributed by atoms with Gasteiger partial charge in [0, 0.05) is 22.9 Å². The van der Waals surface area contributed by atoms with Crippen molar-refractivity contribution in [3.05, 3.63) is 79.1 Å². The minimum Gasteiger partial charge on any atom is -0.493 e. The molecule has 0 atom stereocenters. The molecular formula is C19H10Cl2F3N3O2. The maximum atomic E-state index is 14.0. The quantitative estimate of drug-likeness (QED) is 0.569. The van der Waals surface area contributed by atoms with Gasteiger partial charge in [-0.2, -0.15) is 0 Å². The van der Waals surface area contributed by atoms with Crippen molar-refractivity contribution in [2.45, 2.75) is 6.54 Å². The molecule has 0 aliphatic carbocycles. The molecule has 29 heavy (non-hydrogen) atoms. The fraction of sp³-hybridized carbons (Fsp3) is 0.0526. The summed E-state index contributed by atoms with van der Waals surface area (Å²) in [5.74, 6) is -3.64. The van der Waals surface area contributed by atoms with Gasteiger partial charge in [-0.3, -0.25) is 9.56 Å². The van der Waals surface area contributed by atoms with E-state index in [0.29, 0.717) is 11.1 Å². The number of aromatic amines is 1. The maximum Gasteiger partial charge on any atom is 0.329 e. The Morgan fingerprint density at radius 3 is 2.52 bits per heavy atom. The van der Waals surface area contributed by atoms with Crippen LogP contribution >= 0.6 is 23.2 Å². The summed E-state index contributed by atoms with van der Waals surface area (Å²) in [6, 6.07) is 5.28. The van der Waals surface area contributed by atoms with E-state index in [1.54, 1.807) is 6.07 Å². The molecular weight excluding hydrogens is 430 g/mol. The van der Waals surface area contributed by atoms with Crippen LogP contribution in [0.2, 0.25) is 10.0 Å². The molecule has 10 heteroatoms. The Labute approximate surface area is 171 Å². The first-order chi connectivity index (χ1) is 13.8. The zero-order valence-electron chi connectivity index (χ0n) is 14.3. The van der Waals surface area contributed by atoms with Gasteiger partial charge in [-0.05, 0) is 18.2 Å². The molecule has 3 aromatic rings. The molecule has 0 unspecified atom stereocenters. The molecule has 2 heterocycles. The van der Waals surface area contributed by atoms with Gasteiger partial charge in [0.2, 0.25) is 5.88 Å². The van der Waals surface area contributed by atoms with Gasteiger partial charge in [-0.1, -0.05) is 35.3 Å². The largest absolute Gasteiger partial charge is 0.493 e. The number of aromatic hydroxyl groups is 1. The highest BCUT2D eigenvalue weighted by molar-refractivity contribution is 6.32. The Hall–Kier alpha value is -2.97. The lowest BCUT2D eigenvalue weighted by Gasteiger charge is -2.07. The zero-order valence-corrected chi connectivity index (χ0v) is 15.8. The Kier molecular flexibility index (Phi) is 4.76. The van der Waals surface area contributed by atoms with Crippen molar-refractivity contribution in [2.24, 2.45) is 4.99 Å². The monoisotopic (exact) mass is 439 g/mol. The number of nitrogens with one attached hydrogen (secondary N) is 1. The number of H-pyrrole nitrogens is 1. The average Bonchev–Trinajstić information content (AvgIpc) is 3.21. The van der Waals surface area contributed by atoms with Crippen LogP contribution in [0.1, 0.15) is 16.8 Å². The zero-order chi connectivity index (χ0) is 20.9. The summed E-state index contributed by atoms with van der Waals surface area (Å²) in [4.78, 5) is 18.6. The minimum atomic E-state index is -1.24. The second kappa shape index (κ2) is 7.13. The third kappa shape index (κ3) is 3.24. The smallest absolute Gasteiger partial charge is 0.329 e. The second-order valence-electron chi connectivity index (χ2n) is 6.20. The number of rotatable bonds is 3. The van der Waals surface area contributed by atoms with Crippen molar-refractivity contribution >= 4 is 46.8 Å². The Morgan fingerprint density at radius 1 is 1.07 bits per heavy atom. The van der Waals surface area contributed by atoms with Crippen molar-refractivity contribution in [3.8, 4) is 5.88 Å². The van der Waals surface area contributed by atoms with Gasteiger partial charge in [-0.25, -0.2) is 18.0 Å². The van der Waals surface area contributed by atoms with E-state index in [9.17, 15) is 23.1 Å². The lowest BCUT2D eigenvalue weighted by Crippen LogP contribution is -2.18. The average molecular weight is 440 g/mol. The van der Waals surface area contributed by atoms with Crippen molar-refractivity contribution in [1.82, 2.24) is 9.55 Å². The van der Waals surface area contributed by atoms with Crippen LogP contribution in [0.15, 0.2) is 34.1 Å². The van der Waals surface area contributed by atoms with E-state index in [1.807, 2.05) is 0 Å². The summed E-state index contributed by atoms with van der Waals surface area (Å²) in [5, 5.41) is 9.92. The molecule has 1 aromatic heterocycles. The number of aliphatic imine (C=N–C) groups is 1. The van der Waals surface area contributed by atoms with Crippen LogP contribution in [-0.2, 0) is 6.54 Å². The molecule has 5 nitrogen and oxygen atoms in total. The second-order valence-corrected chi connectivity index (χ2v) is 7.02. The van der Waals surface area contributed by atoms with E-state index in [4.69, 9.17) is 23.2 Å². The first-order valence-corrected chi connectivity index (χ1v) is 8.91. The molecule has 4 rings (SSSR count). The highest BCUT2D eigenvalue weighted by Gasteiger charge is 2.21. The SMILES string of the molecule is O=c1[nH]c(/C=C2\C=Nc3c2ccc(Cl)c3F)c(O)n1Cc1ccc(Cl)c(F)c1F. The fourth-order valence-electron chi connectivity index (χ4n) is 2.96. The standard InChI is InChI=1S/C19H10Cl2F3N3O2/c20-11-3-1-8(14(22)15(11)23)7-27-18(28)13(26-19(27)29)5-9-6-25-17-10(9)2-4-12(21)16(17)24/h1-6,28H,7H2,(H,26,29)/b9-5+. The van der Waals surface area contributed by atoms with Gasteiger partial charge in [-0.15, -0.1) is 0 Å². The summed E-state index contributed by atoms with van der Waals surface area (Å²) in [6.07, 6.45) is 2.74. The summed E-state index contributed by atoms with van der Waals surface area (Å²) in [6.45, 7) is -0.431. The molecule has 0 radical (unpaired) electrons. The lowest BCUT2D eigenvalue weighted by atomic mass is 10.1. The number of halogens is 5. The van der Waals surface area contributed by atoms with E-state index >= 15 is 0 Å². The molecule has 148 valence electrons. The van der Waals surface area contributed by atoms with Gasteiger partial charge in [0.15, 0.2) is 17.5 Å². The molecule has 2 aromatic carbocycles. The Bertz CT molecular complexity index is 1280. The van der Waals surface area contributed by atoms with Crippen LogP contribution in [0, 0.1) is 17.5 Å². The number of imidazole rings is 1. The highest BCUT2D eigenvalue weighted by Crippen LogP contribution is 2.38. The normalized spacial score (nSPS) is 14.0. The number of nitrogens with zero attached hydrogens (tertiary/aromatic N) is 2. The maximum absolute atomic E-state index is 14.0. The summed E-state index contributed by atoms with van der Waals surface area (Å²) >= 11 is 11.3. The molecule has 2 N–H and O–H groups in total. The van der Waals surface area contributed by atoms with Crippen molar-refractivity contribution in [1.29, 1.82) is 0 Å². The molecule has 0 saturated heterocycles. The Balaban J connectivity index is 1.73. The van der Waals surface area contributed by atoms with Crippen LogP contribution in [0.4, 0.5) is 18.9 Å². The molecule has 0 saturated carbocycles. The van der Waals surface area contributed by atoms with Crippen LogP contribution in [0.25, 0.3) is 11.6 Å². The number of hydrogen-bond acceptors (Lipinski definition) is 3.